The van der Waals surface area contributed by atoms with Crippen molar-refractivity contribution in [2.75, 3.05) is 16.8 Å². The van der Waals surface area contributed by atoms with E-state index in [9.17, 15) is 14.4 Å². The minimum Gasteiger partial charge on any atom is -0.482 e. The molecule has 152 valence electrons. The normalized spacial score (nSPS) is 15.7. The quantitative estimate of drug-likeness (QED) is 0.755. The zero-order valence-corrected chi connectivity index (χ0v) is 17.0. The zero-order valence-electron chi connectivity index (χ0n) is 16.3. The van der Waals surface area contributed by atoms with E-state index in [2.05, 4.69) is 5.32 Å². The summed E-state index contributed by atoms with van der Waals surface area (Å²) in [5.74, 6) is -1.13. The molecule has 1 heterocycles. The minimum absolute atomic E-state index is 0.327. The Morgan fingerprint density at radius 2 is 1.90 bits per heavy atom. The number of hydrogen-bond donors (Lipinski definition) is 1. The Morgan fingerprint density at radius 3 is 2.62 bits per heavy atom. The van der Waals surface area contributed by atoms with Gasteiger partial charge in [-0.05, 0) is 51.1 Å². The van der Waals surface area contributed by atoms with Crippen molar-refractivity contribution in [3.05, 3.63) is 53.6 Å². The highest BCUT2D eigenvalue weighted by Gasteiger charge is 2.45. The van der Waals surface area contributed by atoms with Crippen molar-refractivity contribution in [1.29, 1.82) is 0 Å². The smallest absolute Gasteiger partial charge is 0.344 e. The summed E-state index contributed by atoms with van der Waals surface area (Å²) < 4.78 is 10.6. The van der Waals surface area contributed by atoms with E-state index in [-0.39, 0.29) is 12.5 Å². The first kappa shape index (κ1) is 20.7. The third-order valence-electron chi connectivity index (χ3n) is 4.54. The predicted molar refractivity (Wildman–Crippen MR) is 109 cm³/mol. The van der Waals surface area contributed by atoms with Gasteiger partial charge in [0.2, 0.25) is 5.91 Å². The van der Waals surface area contributed by atoms with E-state index < -0.39 is 23.5 Å². The van der Waals surface area contributed by atoms with Crippen LogP contribution in [0.3, 0.4) is 0 Å². The fraction of sp³-hybridized carbons (Fsp3) is 0.286. The van der Waals surface area contributed by atoms with Gasteiger partial charge in [-0.15, -0.1) is 0 Å². The van der Waals surface area contributed by atoms with E-state index in [1.54, 1.807) is 62.4 Å². The number of para-hydroxylation sites is 2. The molecule has 2 aromatic rings. The zero-order chi connectivity index (χ0) is 21.2. The van der Waals surface area contributed by atoms with E-state index in [0.29, 0.717) is 22.1 Å². The van der Waals surface area contributed by atoms with E-state index >= 15 is 0 Å². The van der Waals surface area contributed by atoms with Crippen LogP contribution in [0.4, 0.5) is 11.4 Å². The molecular weight excluding hydrogens is 396 g/mol. The summed E-state index contributed by atoms with van der Waals surface area (Å²) in [7, 11) is 0. The van der Waals surface area contributed by atoms with Crippen LogP contribution in [-0.4, -0.2) is 36.0 Å². The van der Waals surface area contributed by atoms with Gasteiger partial charge in [-0.3, -0.25) is 14.5 Å². The highest BCUT2D eigenvalue weighted by Crippen LogP contribution is 2.37. The predicted octanol–water partition coefficient (Wildman–Crippen LogP) is 3.41. The SMILES string of the molecule is C[C@H](OC(=O)COc1cccc(Cl)c1)C(=O)N1c2ccccc2NC(=O)C1(C)C. The van der Waals surface area contributed by atoms with Crippen LogP contribution in [0.5, 0.6) is 5.75 Å². The summed E-state index contributed by atoms with van der Waals surface area (Å²) in [6.07, 6.45) is -1.11. The molecule has 1 aliphatic rings. The van der Waals surface area contributed by atoms with E-state index in [1.165, 1.54) is 11.8 Å². The molecule has 0 saturated carbocycles. The molecule has 2 aromatic carbocycles. The molecule has 0 fully saturated rings. The molecule has 29 heavy (non-hydrogen) atoms. The Labute approximate surface area is 173 Å². The summed E-state index contributed by atoms with van der Waals surface area (Å²) in [5.41, 5.74) is -0.0863. The monoisotopic (exact) mass is 416 g/mol. The number of hydrogen-bond acceptors (Lipinski definition) is 5. The van der Waals surface area contributed by atoms with Gasteiger partial charge >= 0.3 is 5.97 Å². The lowest BCUT2D eigenvalue weighted by molar-refractivity contribution is -0.156. The molecule has 2 amide bonds. The lowest BCUT2D eigenvalue weighted by Gasteiger charge is -2.42. The Hall–Kier alpha value is -3.06. The Bertz CT molecular complexity index is 960. The number of carbonyl (C=O) groups is 3. The second-order valence-electron chi connectivity index (χ2n) is 7.08. The second kappa shape index (κ2) is 8.13. The number of ether oxygens (including phenoxy) is 2. The maximum atomic E-state index is 13.1. The number of anilines is 2. The maximum absolute atomic E-state index is 13.1. The molecule has 0 saturated heterocycles. The third-order valence-corrected chi connectivity index (χ3v) is 4.77. The summed E-state index contributed by atoms with van der Waals surface area (Å²) in [6, 6.07) is 13.6. The second-order valence-corrected chi connectivity index (χ2v) is 7.52. The van der Waals surface area contributed by atoms with Crippen molar-refractivity contribution in [2.45, 2.75) is 32.4 Å². The number of nitrogens with one attached hydrogen (secondary N) is 1. The molecule has 0 radical (unpaired) electrons. The Kier molecular flexibility index (Phi) is 5.79. The molecule has 3 rings (SSSR count). The Morgan fingerprint density at radius 1 is 1.17 bits per heavy atom. The summed E-state index contributed by atoms with van der Waals surface area (Å²) >= 11 is 5.87. The first-order chi connectivity index (χ1) is 13.7. The maximum Gasteiger partial charge on any atom is 0.344 e. The highest BCUT2D eigenvalue weighted by atomic mass is 35.5. The van der Waals surface area contributed by atoms with Crippen molar-refractivity contribution in [2.24, 2.45) is 0 Å². The van der Waals surface area contributed by atoms with Crippen LogP contribution in [0.2, 0.25) is 5.02 Å². The van der Waals surface area contributed by atoms with Gasteiger partial charge in [-0.25, -0.2) is 4.79 Å². The van der Waals surface area contributed by atoms with Crippen molar-refractivity contribution < 1.29 is 23.9 Å². The number of carbonyl (C=O) groups excluding carboxylic acids is 3. The summed E-state index contributed by atoms with van der Waals surface area (Å²) in [6.45, 7) is 4.35. The molecule has 1 aliphatic heterocycles. The fourth-order valence-corrected chi connectivity index (χ4v) is 3.19. The molecule has 0 aliphatic carbocycles. The fourth-order valence-electron chi connectivity index (χ4n) is 3.01. The van der Waals surface area contributed by atoms with Crippen molar-refractivity contribution in [3.8, 4) is 5.75 Å². The topological polar surface area (TPSA) is 84.9 Å². The lowest BCUT2D eigenvalue weighted by Crippen LogP contribution is -2.60. The Balaban J connectivity index is 1.70. The van der Waals surface area contributed by atoms with Gasteiger partial charge in [0.15, 0.2) is 12.7 Å². The van der Waals surface area contributed by atoms with Gasteiger partial charge in [0.1, 0.15) is 11.3 Å². The first-order valence-electron chi connectivity index (χ1n) is 9.02. The van der Waals surface area contributed by atoms with Crippen molar-refractivity contribution in [3.63, 3.8) is 0 Å². The van der Waals surface area contributed by atoms with Gasteiger partial charge in [0.25, 0.3) is 5.91 Å². The van der Waals surface area contributed by atoms with Crippen LogP contribution in [0.25, 0.3) is 0 Å². The molecule has 8 heteroatoms. The molecule has 0 aromatic heterocycles. The molecule has 0 bridgehead atoms. The van der Waals surface area contributed by atoms with Crippen LogP contribution in [0, 0.1) is 0 Å². The van der Waals surface area contributed by atoms with E-state index in [4.69, 9.17) is 21.1 Å². The molecule has 0 unspecified atom stereocenters. The molecular formula is C21H21ClN2O5. The highest BCUT2D eigenvalue weighted by molar-refractivity contribution is 6.30. The van der Waals surface area contributed by atoms with Crippen LogP contribution < -0.4 is 15.0 Å². The minimum atomic E-state index is -1.15. The van der Waals surface area contributed by atoms with Crippen molar-refractivity contribution in [1.82, 2.24) is 0 Å². The van der Waals surface area contributed by atoms with Crippen molar-refractivity contribution >= 4 is 40.8 Å². The number of nitrogens with zero attached hydrogens (tertiary/aromatic N) is 1. The van der Waals surface area contributed by atoms with Crippen LogP contribution in [-0.2, 0) is 19.1 Å². The molecule has 0 spiro atoms. The van der Waals surface area contributed by atoms with Crippen LogP contribution in [0.15, 0.2) is 48.5 Å². The summed E-state index contributed by atoms with van der Waals surface area (Å²) in [4.78, 5) is 39.1. The number of halogens is 1. The molecule has 1 atom stereocenters. The average Bonchev–Trinajstić information content (AvgIpc) is 2.67. The molecule has 1 N–H and O–H groups in total. The number of fused-ring (bicyclic) bond motifs is 1. The standard InChI is InChI=1S/C21H21ClN2O5/c1-13(29-18(25)12-28-15-8-6-7-14(22)11-15)19(26)24-17-10-5-4-9-16(17)23-20(27)21(24,2)3/h4-11,13H,12H2,1-3H3,(H,23,27)/t13-/m0/s1. The third kappa shape index (κ3) is 4.35. The summed E-state index contributed by atoms with van der Waals surface area (Å²) in [5, 5.41) is 3.26. The van der Waals surface area contributed by atoms with Gasteiger partial charge in [-0.1, -0.05) is 29.8 Å². The van der Waals surface area contributed by atoms with Gasteiger partial charge in [0, 0.05) is 5.02 Å². The number of benzene rings is 2. The van der Waals surface area contributed by atoms with Gasteiger partial charge in [0.05, 0.1) is 11.4 Å². The van der Waals surface area contributed by atoms with E-state index in [1.807, 2.05) is 0 Å². The largest absolute Gasteiger partial charge is 0.482 e. The number of amides is 2. The van der Waals surface area contributed by atoms with Gasteiger partial charge < -0.3 is 14.8 Å². The van der Waals surface area contributed by atoms with Crippen LogP contribution in [0.1, 0.15) is 20.8 Å². The van der Waals surface area contributed by atoms with Gasteiger partial charge in [-0.2, -0.15) is 0 Å². The first-order valence-corrected chi connectivity index (χ1v) is 9.40. The molecule has 7 nitrogen and oxygen atoms in total. The average molecular weight is 417 g/mol. The van der Waals surface area contributed by atoms with E-state index in [0.717, 1.165) is 0 Å². The van der Waals surface area contributed by atoms with Crippen LogP contribution >= 0.6 is 11.6 Å². The number of rotatable bonds is 5. The lowest BCUT2D eigenvalue weighted by atomic mass is 9.95. The number of esters is 1.